The van der Waals surface area contributed by atoms with E-state index in [0.29, 0.717) is 6.04 Å². The second kappa shape index (κ2) is 6.02. The Morgan fingerprint density at radius 1 is 0.810 bits per heavy atom. The number of fused-ring (bicyclic) bond motifs is 2. The molecule has 1 heterocycles. The van der Waals surface area contributed by atoms with Crippen molar-refractivity contribution in [2.24, 2.45) is 0 Å². The maximum atomic E-state index is 3.66. The van der Waals surface area contributed by atoms with Crippen LogP contribution in [0.25, 0.3) is 21.5 Å². The Bertz CT molecular complexity index is 709. The Kier molecular flexibility index (Phi) is 4.11. The minimum atomic E-state index is 0. The molecule has 2 N–H and O–H groups in total. The zero-order chi connectivity index (χ0) is 13.4. The summed E-state index contributed by atoms with van der Waals surface area (Å²) in [6, 6.07) is 20.1. The molecule has 1 aliphatic rings. The van der Waals surface area contributed by atoms with Gasteiger partial charge in [-0.2, -0.15) is 0 Å². The minimum absolute atomic E-state index is 0. The van der Waals surface area contributed by atoms with Crippen LogP contribution in [0.1, 0.15) is 11.6 Å². The van der Waals surface area contributed by atoms with Gasteiger partial charge in [0.15, 0.2) is 0 Å². The Morgan fingerprint density at radius 3 is 2.00 bits per heavy atom. The van der Waals surface area contributed by atoms with Gasteiger partial charge >= 0.3 is 0 Å². The van der Waals surface area contributed by atoms with E-state index in [2.05, 4.69) is 65.2 Å². The van der Waals surface area contributed by atoms with Gasteiger partial charge in [-0.15, -0.1) is 12.4 Å². The van der Waals surface area contributed by atoms with Gasteiger partial charge in [-0.25, -0.2) is 0 Å². The van der Waals surface area contributed by atoms with Gasteiger partial charge in [-0.05, 0) is 33.2 Å². The van der Waals surface area contributed by atoms with E-state index in [0.717, 1.165) is 19.6 Å². The molecule has 21 heavy (non-hydrogen) atoms. The summed E-state index contributed by atoms with van der Waals surface area (Å²) in [6.45, 7) is 3.08. The third-order valence-electron chi connectivity index (χ3n) is 4.20. The Balaban J connectivity index is 0.00000132. The minimum Gasteiger partial charge on any atom is -0.314 e. The first-order chi connectivity index (χ1) is 9.93. The van der Waals surface area contributed by atoms with Crippen molar-refractivity contribution >= 4 is 34.0 Å². The van der Waals surface area contributed by atoms with Crippen molar-refractivity contribution in [2.75, 3.05) is 19.6 Å². The van der Waals surface area contributed by atoms with Crippen molar-refractivity contribution in [3.8, 4) is 0 Å². The first-order valence-electron chi connectivity index (χ1n) is 7.28. The molecule has 3 heteroatoms. The predicted octanol–water partition coefficient (Wildman–Crippen LogP) is 3.65. The summed E-state index contributed by atoms with van der Waals surface area (Å²) in [5.74, 6) is 0. The zero-order valence-electron chi connectivity index (χ0n) is 11.8. The predicted molar refractivity (Wildman–Crippen MR) is 92.3 cm³/mol. The first-order valence-corrected chi connectivity index (χ1v) is 7.28. The Hall–Kier alpha value is -1.61. The number of nitrogens with one attached hydrogen (secondary N) is 2. The summed E-state index contributed by atoms with van der Waals surface area (Å²) in [6.07, 6.45) is 0. The molecule has 0 bridgehead atoms. The van der Waals surface area contributed by atoms with Crippen LogP contribution in [-0.2, 0) is 0 Å². The lowest BCUT2D eigenvalue weighted by atomic mass is 9.91. The van der Waals surface area contributed by atoms with Crippen LogP contribution in [0.3, 0.4) is 0 Å². The van der Waals surface area contributed by atoms with Gasteiger partial charge in [-0.3, -0.25) is 0 Å². The van der Waals surface area contributed by atoms with Crippen molar-refractivity contribution in [3.05, 3.63) is 60.2 Å². The summed E-state index contributed by atoms with van der Waals surface area (Å²) < 4.78 is 0. The molecule has 2 nitrogen and oxygen atoms in total. The fourth-order valence-electron chi connectivity index (χ4n) is 3.28. The SMILES string of the molecule is Cl.c1ccc2c([C@H]3CNCCN3)c3ccccc3cc2c1. The number of halogens is 1. The van der Waals surface area contributed by atoms with Gasteiger partial charge in [-0.1, -0.05) is 48.5 Å². The third kappa shape index (κ3) is 2.51. The summed E-state index contributed by atoms with van der Waals surface area (Å²) in [5.41, 5.74) is 1.44. The average molecular weight is 299 g/mol. The van der Waals surface area contributed by atoms with Crippen molar-refractivity contribution in [2.45, 2.75) is 6.04 Å². The molecule has 1 aliphatic heterocycles. The van der Waals surface area contributed by atoms with Crippen LogP contribution in [0.15, 0.2) is 54.6 Å². The fourth-order valence-corrected chi connectivity index (χ4v) is 3.28. The van der Waals surface area contributed by atoms with E-state index in [-0.39, 0.29) is 12.4 Å². The summed E-state index contributed by atoms with van der Waals surface area (Å²) in [4.78, 5) is 0. The molecule has 4 rings (SSSR count). The van der Waals surface area contributed by atoms with E-state index in [4.69, 9.17) is 0 Å². The second-order valence-electron chi connectivity index (χ2n) is 5.44. The molecule has 3 aromatic carbocycles. The number of hydrogen-bond donors (Lipinski definition) is 2. The van der Waals surface area contributed by atoms with E-state index in [9.17, 15) is 0 Å². The molecule has 0 spiro atoms. The number of hydrogen-bond acceptors (Lipinski definition) is 2. The maximum absolute atomic E-state index is 3.66. The third-order valence-corrected chi connectivity index (χ3v) is 4.20. The van der Waals surface area contributed by atoms with Crippen molar-refractivity contribution in [3.63, 3.8) is 0 Å². The highest BCUT2D eigenvalue weighted by Crippen LogP contribution is 2.32. The van der Waals surface area contributed by atoms with Crippen LogP contribution in [0.2, 0.25) is 0 Å². The van der Waals surface area contributed by atoms with Crippen LogP contribution >= 0.6 is 12.4 Å². The normalized spacial score (nSPS) is 18.6. The molecule has 1 fully saturated rings. The summed E-state index contributed by atoms with van der Waals surface area (Å²) >= 11 is 0. The number of piperazine rings is 1. The van der Waals surface area contributed by atoms with Crippen LogP contribution in [0, 0.1) is 0 Å². The molecule has 0 radical (unpaired) electrons. The first kappa shape index (κ1) is 14.3. The van der Waals surface area contributed by atoms with Gasteiger partial charge in [0.2, 0.25) is 0 Å². The lowest BCUT2D eigenvalue weighted by Gasteiger charge is -2.27. The molecule has 0 unspecified atom stereocenters. The number of benzene rings is 3. The Morgan fingerprint density at radius 2 is 1.43 bits per heavy atom. The lowest BCUT2D eigenvalue weighted by molar-refractivity contribution is 0.434. The topological polar surface area (TPSA) is 24.1 Å². The van der Waals surface area contributed by atoms with Gasteiger partial charge in [0.25, 0.3) is 0 Å². The summed E-state index contributed by atoms with van der Waals surface area (Å²) in [5, 5.41) is 12.5. The molecule has 1 atom stereocenters. The van der Waals surface area contributed by atoms with Crippen LogP contribution in [0.4, 0.5) is 0 Å². The van der Waals surface area contributed by atoms with Crippen LogP contribution in [0.5, 0.6) is 0 Å². The fraction of sp³-hybridized carbons (Fsp3) is 0.222. The van der Waals surface area contributed by atoms with Crippen LogP contribution in [-0.4, -0.2) is 19.6 Å². The van der Waals surface area contributed by atoms with Gasteiger partial charge in [0, 0.05) is 25.7 Å². The quantitative estimate of drug-likeness (QED) is 0.670. The summed E-state index contributed by atoms with van der Waals surface area (Å²) in [7, 11) is 0. The standard InChI is InChI=1S/C18H18N2.ClH/c1-3-7-15-13(5-1)11-14-6-2-4-8-16(14)18(15)17-12-19-9-10-20-17;/h1-8,11,17,19-20H,9-10,12H2;1H/t17-;/m1./s1. The van der Waals surface area contributed by atoms with Crippen molar-refractivity contribution in [1.29, 1.82) is 0 Å². The molecule has 1 saturated heterocycles. The molecule has 108 valence electrons. The van der Waals surface area contributed by atoms with E-state index in [1.807, 2.05) is 0 Å². The second-order valence-corrected chi connectivity index (χ2v) is 5.44. The van der Waals surface area contributed by atoms with Gasteiger partial charge in [0.1, 0.15) is 0 Å². The Labute approximate surface area is 131 Å². The lowest BCUT2D eigenvalue weighted by Crippen LogP contribution is -2.42. The average Bonchev–Trinajstić information content (AvgIpc) is 2.53. The van der Waals surface area contributed by atoms with E-state index >= 15 is 0 Å². The number of rotatable bonds is 1. The highest BCUT2D eigenvalue weighted by atomic mass is 35.5. The van der Waals surface area contributed by atoms with Crippen LogP contribution < -0.4 is 10.6 Å². The van der Waals surface area contributed by atoms with Gasteiger partial charge in [0.05, 0.1) is 0 Å². The largest absolute Gasteiger partial charge is 0.314 e. The smallest absolute Gasteiger partial charge is 0.0459 e. The van der Waals surface area contributed by atoms with E-state index < -0.39 is 0 Å². The maximum Gasteiger partial charge on any atom is 0.0459 e. The van der Waals surface area contributed by atoms with Crippen molar-refractivity contribution in [1.82, 2.24) is 10.6 Å². The molecule has 0 aliphatic carbocycles. The zero-order valence-corrected chi connectivity index (χ0v) is 12.6. The van der Waals surface area contributed by atoms with Crippen molar-refractivity contribution < 1.29 is 0 Å². The molecular formula is C18H19ClN2. The highest BCUT2D eigenvalue weighted by Gasteiger charge is 2.19. The molecule has 3 aromatic rings. The van der Waals surface area contributed by atoms with E-state index in [1.165, 1.54) is 27.1 Å². The molecule has 0 amide bonds. The van der Waals surface area contributed by atoms with E-state index in [1.54, 1.807) is 0 Å². The monoisotopic (exact) mass is 298 g/mol. The molecule has 0 aromatic heterocycles. The molecule has 0 saturated carbocycles. The molecular weight excluding hydrogens is 280 g/mol. The van der Waals surface area contributed by atoms with Gasteiger partial charge < -0.3 is 10.6 Å². The highest BCUT2D eigenvalue weighted by molar-refractivity contribution is 6.02.